The van der Waals surface area contributed by atoms with Gasteiger partial charge in [0.15, 0.2) is 0 Å². The van der Waals surface area contributed by atoms with Gasteiger partial charge in [-0.2, -0.15) is 0 Å². The molecule has 32 heavy (non-hydrogen) atoms. The van der Waals surface area contributed by atoms with Crippen LogP contribution in [0, 0.1) is 11.3 Å². The summed E-state index contributed by atoms with van der Waals surface area (Å²) >= 11 is 0. The number of nitrogens with one attached hydrogen (secondary N) is 1. The van der Waals surface area contributed by atoms with Crippen LogP contribution in [-0.2, 0) is 11.2 Å². The number of hydrogen-bond donors (Lipinski definition) is 1. The number of amides is 1. The van der Waals surface area contributed by atoms with Gasteiger partial charge in [0.05, 0.1) is 6.04 Å². The Bertz CT molecular complexity index is 1140. The van der Waals surface area contributed by atoms with Gasteiger partial charge in [-0.05, 0) is 73.0 Å². The lowest BCUT2D eigenvalue weighted by molar-refractivity contribution is -0.0348. The largest absolute Gasteiger partial charge is 0.456 e. The van der Waals surface area contributed by atoms with E-state index in [4.69, 9.17) is 9.15 Å². The molecule has 4 heterocycles. The number of alkyl carbamates (subject to hydrolysis) is 1. The first kappa shape index (κ1) is 19.9. The van der Waals surface area contributed by atoms with Crippen molar-refractivity contribution >= 4 is 17.1 Å². The summed E-state index contributed by atoms with van der Waals surface area (Å²) in [5, 5.41) is 4.32. The second kappa shape index (κ2) is 7.38. The predicted molar refractivity (Wildman–Crippen MR) is 124 cm³/mol. The second-order valence-corrected chi connectivity index (χ2v) is 10.4. The summed E-state index contributed by atoms with van der Waals surface area (Å²) in [4.78, 5) is 15.3. The molecule has 2 bridgehead atoms. The van der Waals surface area contributed by atoms with E-state index in [1.165, 1.54) is 11.1 Å². The number of ether oxygens (including phenoxy) is 1. The molecule has 0 radical (unpaired) electrons. The summed E-state index contributed by atoms with van der Waals surface area (Å²) in [6.07, 6.45) is 2.93. The maximum Gasteiger partial charge on any atom is 0.407 e. The van der Waals surface area contributed by atoms with Crippen LogP contribution in [-0.4, -0.2) is 36.7 Å². The van der Waals surface area contributed by atoms with E-state index in [0.29, 0.717) is 5.92 Å². The molecule has 3 fully saturated rings. The lowest BCUT2D eigenvalue weighted by Gasteiger charge is -2.44. The number of para-hydroxylation sites is 1. The fourth-order valence-electron chi connectivity index (χ4n) is 5.94. The van der Waals surface area contributed by atoms with Crippen molar-refractivity contribution in [2.75, 3.05) is 19.6 Å². The number of nitrogens with zero attached hydrogens (tertiary/aromatic N) is 1. The van der Waals surface area contributed by atoms with Crippen molar-refractivity contribution in [2.24, 2.45) is 11.3 Å². The van der Waals surface area contributed by atoms with Crippen LogP contribution in [0.1, 0.15) is 43.9 Å². The summed E-state index contributed by atoms with van der Waals surface area (Å²) in [5.74, 6) is 1.39. The molecule has 1 N–H and O–H groups in total. The summed E-state index contributed by atoms with van der Waals surface area (Å²) in [6.45, 7) is 7.59. The van der Waals surface area contributed by atoms with E-state index >= 15 is 0 Å². The Hall–Kier alpha value is -2.79. The SMILES string of the molecule is CC1(C)Cc2cc(-c3cc4ccccc4o3)ccc2C1NC(=O)O[C@H]1CN2CCC1CC2. The molecule has 3 saturated heterocycles. The maximum atomic E-state index is 12.9. The fourth-order valence-corrected chi connectivity index (χ4v) is 5.94. The number of fused-ring (bicyclic) bond motifs is 5. The van der Waals surface area contributed by atoms with Crippen LogP contribution < -0.4 is 5.32 Å². The maximum absolute atomic E-state index is 12.9. The highest BCUT2D eigenvalue weighted by atomic mass is 16.6. The van der Waals surface area contributed by atoms with Gasteiger partial charge in [-0.25, -0.2) is 4.79 Å². The summed E-state index contributed by atoms with van der Waals surface area (Å²) in [6, 6.07) is 16.6. The van der Waals surface area contributed by atoms with Gasteiger partial charge in [0.2, 0.25) is 0 Å². The van der Waals surface area contributed by atoms with E-state index in [0.717, 1.165) is 61.2 Å². The van der Waals surface area contributed by atoms with Gasteiger partial charge in [-0.15, -0.1) is 0 Å². The van der Waals surface area contributed by atoms with Crippen molar-refractivity contribution in [3.63, 3.8) is 0 Å². The molecule has 2 atom stereocenters. The average Bonchev–Trinajstić information content (AvgIpc) is 3.32. The van der Waals surface area contributed by atoms with Gasteiger partial charge in [0, 0.05) is 17.5 Å². The highest BCUT2D eigenvalue weighted by Gasteiger charge is 2.42. The van der Waals surface area contributed by atoms with Crippen LogP contribution in [0.5, 0.6) is 0 Å². The van der Waals surface area contributed by atoms with Crippen LogP contribution >= 0.6 is 0 Å². The van der Waals surface area contributed by atoms with Gasteiger partial charge in [0.25, 0.3) is 0 Å². The Kier molecular flexibility index (Phi) is 4.58. The number of carbonyl (C=O) groups is 1. The zero-order valence-electron chi connectivity index (χ0n) is 18.8. The molecular weight excluding hydrogens is 400 g/mol. The van der Waals surface area contributed by atoms with Crippen molar-refractivity contribution < 1.29 is 13.9 Å². The lowest BCUT2D eigenvalue weighted by atomic mass is 9.85. The molecule has 7 rings (SSSR count). The molecule has 166 valence electrons. The number of hydrogen-bond acceptors (Lipinski definition) is 4. The molecule has 2 aromatic carbocycles. The number of benzene rings is 2. The minimum Gasteiger partial charge on any atom is -0.456 e. The third kappa shape index (κ3) is 3.39. The number of rotatable bonds is 3. The van der Waals surface area contributed by atoms with Crippen LogP contribution in [0.15, 0.2) is 52.9 Å². The Morgan fingerprint density at radius 3 is 2.69 bits per heavy atom. The molecule has 5 heteroatoms. The van der Waals surface area contributed by atoms with E-state index in [1.54, 1.807) is 0 Å². The van der Waals surface area contributed by atoms with Gasteiger partial charge in [-0.3, -0.25) is 4.90 Å². The molecule has 4 aliphatic rings. The molecule has 1 aliphatic carbocycles. The Morgan fingerprint density at radius 1 is 1.12 bits per heavy atom. The lowest BCUT2D eigenvalue weighted by Crippen LogP contribution is -2.53. The van der Waals surface area contributed by atoms with Crippen LogP contribution in [0.3, 0.4) is 0 Å². The van der Waals surface area contributed by atoms with Crippen molar-refractivity contribution in [3.8, 4) is 11.3 Å². The normalized spacial score (nSPS) is 27.9. The van der Waals surface area contributed by atoms with Gasteiger partial charge in [0.1, 0.15) is 17.4 Å². The van der Waals surface area contributed by atoms with Crippen molar-refractivity contribution in [1.29, 1.82) is 0 Å². The van der Waals surface area contributed by atoms with Gasteiger partial charge >= 0.3 is 6.09 Å². The molecule has 5 nitrogen and oxygen atoms in total. The Morgan fingerprint density at radius 2 is 1.94 bits per heavy atom. The predicted octanol–water partition coefficient (Wildman–Crippen LogP) is 5.54. The highest BCUT2D eigenvalue weighted by molar-refractivity contribution is 5.83. The van der Waals surface area contributed by atoms with E-state index in [1.807, 2.05) is 18.2 Å². The zero-order valence-corrected chi connectivity index (χ0v) is 18.8. The monoisotopic (exact) mass is 430 g/mol. The minimum absolute atomic E-state index is 0.0250. The van der Waals surface area contributed by atoms with E-state index in [-0.39, 0.29) is 23.7 Å². The van der Waals surface area contributed by atoms with Crippen LogP contribution in [0.4, 0.5) is 4.79 Å². The summed E-state index contributed by atoms with van der Waals surface area (Å²) in [7, 11) is 0. The van der Waals surface area contributed by atoms with Crippen molar-refractivity contribution in [2.45, 2.75) is 45.3 Å². The summed E-state index contributed by atoms with van der Waals surface area (Å²) < 4.78 is 12.0. The first-order chi connectivity index (χ1) is 15.5. The number of piperidine rings is 3. The van der Waals surface area contributed by atoms with Crippen LogP contribution in [0.2, 0.25) is 0 Å². The number of carbonyl (C=O) groups excluding carboxylic acids is 1. The van der Waals surface area contributed by atoms with E-state index < -0.39 is 0 Å². The molecule has 1 unspecified atom stereocenters. The Labute approximate surface area is 188 Å². The average molecular weight is 431 g/mol. The standard InChI is InChI=1S/C27H30N2O3/c1-27(2)15-20-13-19(23-14-18-5-3-4-6-22(18)31-23)7-8-21(20)25(27)28-26(30)32-24-16-29-11-9-17(24)10-12-29/h3-8,13-14,17,24-25H,9-12,15-16H2,1-2H3,(H,28,30)/t24-,25?/m0/s1. The molecule has 0 spiro atoms. The first-order valence-corrected chi connectivity index (χ1v) is 11.8. The second-order valence-electron chi connectivity index (χ2n) is 10.4. The van der Waals surface area contributed by atoms with Crippen molar-refractivity contribution in [1.82, 2.24) is 10.2 Å². The van der Waals surface area contributed by atoms with Crippen LogP contribution in [0.25, 0.3) is 22.3 Å². The molecule has 1 aromatic heterocycles. The quantitative estimate of drug-likeness (QED) is 0.592. The molecule has 3 aliphatic heterocycles. The highest BCUT2D eigenvalue weighted by Crippen LogP contribution is 2.46. The minimum atomic E-state index is -0.281. The third-order valence-corrected chi connectivity index (χ3v) is 7.71. The third-order valence-electron chi connectivity index (χ3n) is 7.71. The molecule has 3 aromatic rings. The van der Waals surface area contributed by atoms with Crippen molar-refractivity contribution in [3.05, 3.63) is 59.7 Å². The smallest absolute Gasteiger partial charge is 0.407 e. The topological polar surface area (TPSA) is 54.7 Å². The first-order valence-electron chi connectivity index (χ1n) is 11.8. The molecular formula is C27H30N2O3. The Balaban J connectivity index is 1.22. The van der Waals surface area contributed by atoms with Gasteiger partial charge < -0.3 is 14.5 Å². The molecule has 0 saturated carbocycles. The fraction of sp³-hybridized carbons (Fsp3) is 0.444. The van der Waals surface area contributed by atoms with E-state index in [9.17, 15) is 4.79 Å². The zero-order chi connectivity index (χ0) is 21.9. The molecule has 1 amide bonds. The van der Waals surface area contributed by atoms with E-state index in [2.05, 4.69) is 54.4 Å². The summed E-state index contributed by atoms with van der Waals surface area (Å²) in [5.41, 5.74) is 4.34. The van der Waals surface area contributed by atoms with Gasteiger partial charge in [-0.1, -0.05) is 44.2 Å². The number of furan rings is 1.